The average Bonchev–Trinajstić information content (AvgIpc) is 1.82. The van der Waals surface area contributed by atoms with E-state index >= 15 is 0 Å². The summed E-state index contributed by atoms with van der Waals surface area (Å²) in [4.78, 5) is 22.6. The zero-order valence-corrected chi connectivity index (χ0v) is 6.88. The van der Waals surface area contributed by atoms with E-state index in [1.807, 2.05) is 0 Å². The van der Waals surface area contributed by atoms with Gasteiger partial charge in [0.25, 0.3) is 0 Å². The first kappa shape index (κ1) is 8.73. The molecule has 0 radical (unpaired) electrons. The molecular formula is C6H5ClN2O3. The maximum absolute atomic E-state index is 10.9. The summed E-state index contributed by atoms with van der Waals surface area (Å²) >= 11 is 5.47. The van der Waals surface area contributed by atoms with Crippen molar-refractivity contribution in [2.24, 2.45) is 0 Å². The standard InChI is InChI=1S/C6H5ClN2O3/c1-3-2-4(7)5(9(11)12)6(10)8-3/h2H,1H3,(H,8,10). The minimum absolute atomic E-state index is 0.138. The van der Waals surface area contributed by atoms with Gasteiger partial charge < -0.3 is 4.98 Å². The number of nitrogens with zero attached hydrogens (tertiary/aromatic N) is 1. The highest BCUT2D eigenvalue weighted by atomic mass is 35.5. The molecule has 6 heteroatoms. The van der Waals surface area contributed by atoms with Gasteiger partial charge in [-0.05, 0) is 13.0 Å². The van der Waals surface area contributed by atoms with E-state index in [-0.39, 0.29) is 5.02 Å². The lowest BCUT2D eigenvalue weighted by Crippen LogP contribution is -2.12. The van der Waals surface area contributed by atoms with Crippen LogP contribution in [0, 0.1) is 17.0 Å². The van der Waals surface area contributed by atoms with Crippen LogP contribution in [-0.2, 0) is 0 Å². The van der Waals surface area contributed by atoms with Crippen LogP contribution in [-0.4, -0.2) is 9.91 Å². The van der Waals surface area contributed by atoms with Crippen molar-refractivity contribution in [2.75, 3.05) is 0 Å². The predicted molar refractivity (Wildman–Crippen MR) is 43.5 cm³/mol. The Morgan fingerprint density at radius 3 is 2.67 bits per heavy atom. The number of aryl methyl sites for hydroxylation is 1. The topological polar surface area (TPSA) is 76.0 Å². The summed E-state index contributed by atoms with van der Waals surface area (Å²) in [7, 11) is 0. The summed E-state index contributed by atoms with van der Waals surface area (Å²) in [6.45, 7) is 1.59. The molecule has 1 heterocycles. The summed E-state index contributed by atoms with van der Waals surface area (Å²) in [5.41, 5.74) is -0.886. The van der Waals surface area contributed by atoms with Crippen LogP contribution in [0.25, 0.3) is 0 Å². The molecule has 5 nitrogen and oxygen atoms in total. The molecule has 1 N–H and O–H groups in total. The van der Waals surface area contributed by atoms with Crippen molar-refractivity contribution in [3.05, 3.63) is 37.3 Å². The van der Waals surface area contributed by atoms with Gasteiger partial charge in [0.1, 0.15) is 5.02 Å². The molecule has 0 bridgehead atoms. The lowest BCUT2D eigenvalue weighted by molar-refractivity contribution is -0.386. The minimum Gasteiger partial charge on any atom is -0.321 e. The fourth-order valence-corrected chi connectivity index (χ4v) is 1.13. The minimum atomic E-state index is -0.805. The van der Waals surface area contributed by atoms with Crippen molar-refractivity contribution in [3.63, 3.8) is 0 Å². The molecule has 0 amide bonds. The SMILES string of the molecule is Cc1cc(Cl)c([N+](=O)[O-])c(=O)[nH]1. The summed E-state index contributed by atoms with van der Waals surface area (Å²) in [6, 6.07) is 1.33. The van der Waals surface area contributed by atoms with E-state index in [0.29, 0.717) is 5.69 Å². The normalized spacial score (nSPS) is 9.83. The molecule has 0 aliphatic heterocycles. The van der Waals surface area contributed by atoms with Gasteiger partial charge in [0, 0.05) is 5.69 Å². The Labute approximate surface area is 72.1 Å². The van der Waals surface area contributed by atoms with E-state index in [0.717, 1.165) is 0 Å². The van der Waals surface area contributed by atoms with Gasteiger partial charge in [-0.3, -0.25) is 14.9 Å². The van der Waals surface area contributed by atoms with Gasteiger partial charge in [-0.15, -0.1) is 0 Å². The number of aromatic nitrogens is 1. The number of nitro groups is 1. The largest absolute Gasteiger partial charge is 0.352 e. The molecule has 0 aromatic carbocycles. The number of rotatable bonds is 1. The van der Waals surface area contributed by atoms with E-state index in [4.69, 9.17) is 11.6 Å². The second-order valence-electron chi connectivity index (χ2n) is 2.24. The Kier molecular flexibility index (Phi) is 2.14. The van der Waals surface area contributed by atoms with Crippen molar-refractivity contribution < 1.29 is 4.92 Å². The summed E-state index contributed by atoms with van der Waals surface area (Å²) in [6.07, 6.45) is 0. The molecule has 0 aliphatic rings. The Morgan fingerprint density at radius 1 is 1.67 bits per heavy atom. The average molecular weight is 189 g/mol. The maximum Gasteiger partial charge on any atom is 0.352 e. The van der Waals surface area contributed by atoms with Gasteiger partial charge in [-0.1, -0.05) is 11.6 Å². The molecule has 0 unspecified atom stereocenters. The molecule has 64 valence electrons. The van der Waals surface area contributed by atoms with E-state index in [1.165, 1.54) is 6.07 Å². The smallest absolute Gasteiger partial charge is 0.321 e. The maximum atomic E-state index is 10.9. The zero-order chi connectivity index (χ0) is 9.30. The molecule has 1 rings (SSSR count). The van der Waals surface area contributed by atoms with Crippen molar-refractivity contribution in [2.45, 2.75) is 6.92 Å². The van der Waals surface area contributed by atoms with Crippen LogP contribution in [0.3, 0.4) is 0 Å². The summed E-state index contributed by atoms with van der Waals surface area (Å²) < 4.78 is 0. The van der Waals surface area contributed by atoms with Gasteiger partial charge in [-0.25, -0.2) is 0 Å². The molecule has 0 atom stereocenters. The summed E-state index contributed by atoms with van der Waals surface area (Å²) in [5.74, 6) is 0. The predicted octanol–water partition coefficient (Wildman–Crippen LogP) is 1.24. The third-order valence-electron chi connectivity index (χ3n) is 1.28. The molecule has 0 saturated carbocycles. The highest BCUT2D eigenvalue weighted by Crippen LogP contribution is 2.18. The van der Waals surface area contributed by atoms with E-state index in [1.54, 1.807) is 6.92 Å². The van der Waals surface area contributed by atoms with Gasteiger partial charge in [-0.2, -0.15) is 0 Å². The number of halogens is 1. The Bertz CT molecular complexity index is 385. The second kappa shape index (κ2) is 2.94. The first-order valence-electron chi connectivity index (χ1n) is 3.06. The third-order valence-corrected chi connectivity index (χ3v) is 1.57. The fraction of sp³-hybridized carbons (Fsp3) is 0.167. The van der Waals surface area contributed by atoms with Crippen molar-refractivity contribution in [3.8, 4) is 0 Å². The number of hydrogen-bond donors (Lipinski definition) is 1. The Hall–Kier alpha value is -1.36. The quantitative estimate of drug-likeness (QED) is 0.532. The second-order valence-corrected chi connectivity index (χ2v) is 2.64. The van der Waals surface area contributed by atoms with E-state index in [9.17, 15) is 14.9 Å². The van der Waals surface area contributed by atoms with Gasteiger partial charge in [0.15, 0.2) is 0 Å². The van der Waals surface area contributed by atoms with Gasteiger partial charge >= 0.3 is 11.2 Å². The Balaban J connectivity index is 3.49. The molecule has 1 aromatic rings. The van der Waals surface area contributed by atoms with Crippen LogP contribution in [0.1, 0.15) is 5.69 Å². The number of aromatic amines is 1. The fourth-order valence-electron chi connectivity index (χ4n) is 0.811. The molecule has 0 spiro atoms. The number of hydrogen-bond acceptors (Lipinski definition) is 3. The van der Waals surface area contributed by atoms with Crippen LogP contribution < -0.4 is 5.56 Å². The van der Waals surface area contributed by atoms with Crippen molar-refractivity contribution in [1.82, 2.24) is 4.98 Å². The van der Waals surface area contributed by atoms with E-state index in [2.05, 4.69) is 4.98 Å². The summed E-state index contributed by atoms with van der Waals surface area (Å²) in [5, 5.41) is 10.1. The first-order chi connectivity index (χ1) is 5.52. The first-order valence-corrected chi connectivity index (χ1v) is 3.44. The van der Waals surface area contributed by atoms with Crippen molar-refractivity contribution in [1.29, 1.82) is 0 Å². The van der Waals surface area contributed by atoms with Gasteiger partial charge in [0.2, 0.25) is 0 Å². The zero-order valence-electron chi connectivity index (χ0n) is 6.13. The Morgan fingerprint density at radius 2 is 2.25 bits per heavy atom. The van der Waals surface area contributed by atoms with Crippen LogP contribution in [0.4, 0.5) is 5.69 Å². The highest BCUT2D eigenvalue weighted by molar-refractivity contribution is 6.32. The van der Waals surface area contributed by atoms with Crippen molar-refractivity contribution >= 4 is 17.3 Å². The number of pyridine rings is 1. The van der Waals surface area contributed by atoms with Crippen LogP contribution in [0.15, 0.2) is 10.9 Å². The number of H-pyrrole nitrogens is 1. The monoisotopic (exact) mass is 188 g/mol. The number of nitrogens with one attached hydrogen (secondary N) is 1. The molecule has 0 fully saturated rings. The van der Waals surface area contributed by atoms with Crippen LogP contribution >= 0.6 is 11.6 Å². The highest BCUT2D eigenvalue weighted by Gasteiger charge is 2.17. The molecule has 0 aliphatic carbocycles. The van der Waals surface area contributed by atoms with Crippen LogP contribution in [0.2, 0.25) is 5.02 Å². The molecule has 0 saturated heterocycles. The van der Waals surface area contributed by atoms with Gasteiger partial charge in [0.05, 0.1) is 4.92 Å². The molecular weight excluding hydrogens is 184 g/mol. The lowest BCUT2D eigenvalue weighted by atomic mass is 10.3. The molecule has 12 heavy (non-hydrogen) atoms. The van der Waals surface area contributed by atoms with Crippen LogP contribution in [0.5, 0.6) is 0 Å². The van der Waals surface area contributed by atoms with E-state index < -0.39 is 16.2 Å². The third kappa shape index (κ3) is 1.45. The lowest BCUT2D eigenvalue weighted by Gasteiger charge is -1.94. The molecule has 1 aromatic heterocycles.